The zero-order valence-corrected chi connectivity index (χ0v) is 15.6. The Hall–Kier alpha value is -2.85. The molecule has 140 valence electrons. The molecule has 0 fully saturated rings. The maximum absolute atomic E-state index is 13.1. The second kappa shape index (κ2) is 9.19. The van der Waals surface area contributed by atoms with Crippen LogP contribution in [-0.4, -0.2) is 23.1 Å². The zero-order chi connectivity index (χ0) is 19.1. The van der Waals surface area contributed by atoms with Crippen molar-refractivity contribution < 1.29 is 9.13 Å². The van der Waals surface area contributed by atoms with Gasteiger partial charge in [0.25, 0.3) is 0 Å². The zero-order valence-electron chi connectivity index (χ0n) is 15.6. The quantitative estimate of drug-likeness (QED) is 0.504. The van der Waals surface area contributed by atoms with Crippen LogP contribution in [0, 0.1) is 5.82 Å². The Morgan fingerprint density at radius 2 is 1.70 bits per heavy atom. The first-order valence-electron chi connectivity index (χ1n) is 9.02. The van der Waals surface area contributed by atoms with Gasteiger partial charge < -0.3 is 9.30 Å². The third kappa shape index (κ3) is 5.31. The normalized spacial score (nSPS) is 10.9. The van der Waals surface area contributed by atoms with Crippen molar-refractivity contribution in [3.8, 4) is 5.75 Å². The van der Waals surface area contributed by atoms with Crippen LogP contribution in [0.25, 0.3) is 0 Å². The van der Waals surface area contributed by atoms with E-state index in [0.717, 1.165) is 37.5 Å². The molecule has 0 bridgehead atoms. The van der Waals surface area contributed by atoms with Crippen molar-refractivity contribution in [1.29, 1.82) is 0 Å². The van der Waals surface area contributed by atoms with Crippen molar-refractivity contribution in [3.63, 3.8) is 0 Å². The lowest BCUT2D eigenvalue weighted by Gasteiger charge is -2.22. The molecule has 1 aromatic heterocycles. The smallest absolute Gasteiger partial charge is 0.123 e. The van der Waals surface area contributed by atoms with Crippen LogP contribution in [0.15, 0.2) is 79.5 Å². The molecule has 0 atom stereocenters. The summed E-state index contributed by atoms with van der Waals surface area (Å²) in [5.74, 6) is 0.658. The molecule has 0 amide bonds. The van der Waals surface area contributed by atoms with Gasteiger partial charge in [0.15, 0.2) is 0 Å². The van der Waals surface area contributed by atoms with Gasteiger partial charge in [0.05, 0.1) is 7.11 Å². The van der Waals surface area contributed by atoms with Crippen LogP contribution < -0.4 is 4.74 Å². The van der Waals surface area contributed by atoms with Crippen molar-refractivity contribution in [2.24, 2.45) is 0 Å². The van der Waals surface area contributed by atoms with Crippen LogP contribution in [0.5, 0.6) is 5.75 Å². The lowest BCUT2D eigenvalue weighted by atomic mass is 10.2. The van der Waals surface area contributed by atoms with Gasteiger partial charge in [-0.05, 0) is 47.5 Å². The summed E-state index contributed by atoms with van der Waals surface area (Å²) in [6.07, 6.45) is 3.99. The van der Waals surface area contributed by atoms with Crippen molar-refractivity contribution in [2.45, 2.75) is 19.6 Å². The number of hydrogen-bond donors (Lipinski definition) is 0. The Bertz CT molecular complexity index is 853. The summed E-state index contributed by atoms with van der Waals surface area (Å²) in [6, 6.07) is 19.0. The van der Waals surface area contributed by atoms with E-state index in [1.165, 1.54) is 23.4 Å². The van der Waals surface area contributed by atoms with Crippen LogP contribution in [-0.2, 0) is 19.6 Å². The van der Waals surface area contributed by atoms with E-state index >= 15 is 0 Å². The van der Waals surface area contributed by atoms with Gasteiger partial charge in [0, 0.05) is 38.1 Å². The summed E-state index contributed by atoms with van der Waals surface area (Å²) in [7, 11) is 1.67. The molecule has 0 spiro atoms. The van der Waals surface area contributed by atoms with Gasteiger partial charge in [-0.2, -0.15) is 0 Å². The monoisotopic (exact) mass is 364 g/mol. The number of hydrogen-bond acceptors (Lipinski definition) is 2. The average Bonchev–Trinajstić information content (AvgIpc) is 3.11. The molecule has 0 N–H and O–H groups in total. The second-order valence-corrected chi connectivity index (χ2v) is 6.56. The highest BCUT2D eigenvalue weighted by atomic mass is 19.1. The molecule has 1 heterocycles. The minimum Gasteiger partial charge on any atom is -0.497 e. The van der Waals surface area contributed by atoms with E-state index in [1.807, 2.05) is 30.3 Å². The Morgan fingerprint density at radius 1 is 1.00 bits per heavy atom. The molecule has 2 aromatic carbocycles. The molecular weight excluding hydrogens is 339 g/mol. The Balaban J connectivity index is 1.70. The van der Waals surface area contributed by atoms with Crippen molar-refractivity contribution in [3.05, 3.63) is 102 Å². The van der Waals surface area contributed by atoms with Crippen LogP contribution in [0.1, 0.15) is 16.8 Å². The molecule has 3 rings (SSSR count). The summed E-state index contributed by atoms with van der Waals surface area (Å²) >= 11 is 0. The maximum atomic E-state index is 13.1. The van der Waals surface area contributed by atoms with E-state index in [4.69, 9.17) is 4.74 Å². The van der Waals surface area contributed by atoms with Crippen LogP contribution >= 0.6 is 0 Å². The minimum absolute atomic E-state index is 0.205. The summed E-state index contributed by atoms with van der Waals surface area (Å²) in [4.78, 5) is 2.34. The largest absolute Gasteiger partial charge is 0.497 e. The van der Waals surface area contributed by atoms with Gasteiger partial charge in [-0.25, -0.2) is 4.39 Å². The number of benzene rings is 2. The van der Waals surface area contributed by atoms with Gasteiger partial charge in [-0.3, -0.25) is 4.90 Å². The molecule has 0 aliphatic heterocycles. The van der Waals surface area contributed by atoms with E-state index in [1.54, 1.807) is 7.11 Å². The molecule has 0 saturated heterocycles. The van der Waals surface area contributed by atoms with Crippen molar-refractivity contribution in [1.82, 2.24) is 9.47 Å². The number of aromatic nitrogens is 1. The highest BCUT2D eigenvalue weighted by Gasteiger charge is 2.10. The third-order valence-corrected chi connectivity index (χ3v) is 4.53. The Morgan fingerprint density at radius 3 is 2.37 bits per heavy atom. The summed E-state index contributed by atoms with van der Waals surface area (Å²) < 4.78 is 20.6. The number of rotatable bonds is 9. The highest BCUT2D eigenvalue weighted by Crippen LogP contribution is 2.16. The number of ether oxygens (including phenoxy) is 1. The van der Waals surface area contributed by atoms with Gasteiger partial charge in [-0.15, -0.1) is 6.58 Å². The lowest BCUT2D eigenvalue weighted by molar-refractivity contribution is 0.278. The molecule has 0 unspecified atom stereocenters. The van der Waals surface area contributed by atoms with E-state index in [9.17, 15) is 4.39 Å². The fraction of sp³-hybridized carbons (Fsp3) is 0.217. The maximum Gasteiger partial charge on any atom is 0.123 e. The van der Waals surface area contributed by atoms with Gasteiger partial charge in [-0.1, -0.05) is 30.3 Å². The predicted octanol–water partition coefficient (Wildman–Crippen LogP) is 4.87. The number of halogens is 1. The van der Waals surface area contributed by atoms with E-state index in [0.29, 0.717) is 0 Å². The molecule has 3 nitrogen and oxygen atoms in total. The third-order valence-electron chi connectivity index (χ3n) is 4.53. The van der Waals surface area contributed by atoms with Gasteiger partial charge >= 0.3 is 0 Å². The first-order chi connectivity index (χ1) is 13.2. The van der Waals surface area contributed by atoms with E-state index in [2.05, 4.69) is 46.5 Å². The fourth-order valence-electron chi connectivity index (χ4n) is 3.12. The molecular formula is C23H25FN2O. The van der Waals surface area contributed by atoms with E-state index < -0.39 is 0 Å². The number of nitrogens with zero attached hydrogens (tertiary/aromatic N) is 2. The Labute approximate surface area is 160 Å². The lowest BCUT2D eigenvalue weighted by Crippen LogP contribution is -2.24. The first-order valence-corrected chi connectivity index (χ1v) is 9.02. The Kier molecular flexibility index (Phi) is 6.44. The minimum atomic E-state index is -0.205. The molecule has 3 aromatic rings. The summed E-state index contributed by atoms with van der Waals surface area (Å²) in [6.45, 7) is 7.06. The van der Waals surface area contributed by atoms with Crippen LogP contribution in [0.4, 0.5) is 4.39 Å². The van der Waals surface area contributed by atoms with Gasteiger partial charge in [0.2, 0.25) is 0 Å². The van der Waals surface area contributed by atoms with Crippen molar-refractivity contribution in [2.75, 3.05) is 13.7 Å². The summed E-state index contributed by atoms with van der Waals surface area (Å²) in [5.41, 5.74) is 3.53. The topological polar surface area (TPSA) is 17.4 Å². The molecule has 0 aliphatic carbocycles. The standard InChI is InChI=1S/C23H25FN2O/c1-3-14-25(16-19-8-12-23(27-2)13-9-19)18-22-5-4-15-26(22)17-20-6-10-21(24)11-7-20/h3-13,15H,1,14,16-18H2,2H3. The molecule has 27 heavy (non-hydrogen) atoms. The predicted molar refractivity (Wildman–Crippen MR) is 107 cm³/mol. The van der Waals surface area contributed by atoms with E-state index in [-0.39, 0.29) is 5.82 Å². The highest BCUT2D eigenvalue weighted by molar-refractivity contribution is 5.27. The first kappa shape index (κ1) is 18.9. The average molecular weight is 364 g/mol. The molecule has 0 radical (unpaired) electrons. The fourth-order valence-corrected chi connectivity index (χ4v) is 3.12. The molecule has 0 saturated carbocycles. The van der Waals surface area contributed by atoms with Gasteiger partial charge in [0.1, 0.15) is 11.6 Å². The SMILES string of the molecule is C=CCN(Cc1ccc(OC)cc1)Cc1cccn1Cc1ccc(F)cc1. The molecule has 4 heteroatoms. The van der Waals surface area contributed by atoms with Crippen LogP contribution in [0.2, 0.25) is 0 Å². The summed E-state index contributed by atoms with van der Waals surface area (Å²) in [5, 5.41) is 0. The van der Waals surface area contributed by atoms with Crippen LogP contribution in [0.3, 0.4) is 0 Å². The molecule has 0 aliphatic rings. The van der Waals surface area contributed by atoms with Crippen molar-refractivity contribution >= 4 is 0 Å². The second-order valence-electron chi connectivity index (χ2n) is 6.56. The number of methoxy groups -OCH3 is 1.